The first-order valence-electron chi connectivity index (χ1n) is 4.90. The van der Waals surface area contributed by atoms with Crippen molar-refractivity contribution in [1.82, 2.24) is 25.2 Å². The largest absolute Gasteiger partial charge is 0.265 e. The van der Waals surface area contributed by atoms with Crippen molar-refractivity contribution in [3.8, 4) is 16.9 Å². The van der Waals surface area contributed by atoms with Crippen molar-refractivity contribution in [3.63, 3.8) is 0 Å². The fourth-order valence-electron chi connectivity index (χ4n) is 1.55. The molecule has 3 aromatic rings. The van der Waals surface area contributed by atoms with E-state index in [1.807, 2.05) is 41.2 Å². The topological polar surface area (TPSA) is 59.4 Å². The van der Waals surface area contributed by atoms with Gasteiger partial charge in [0.1, 0.15) is 5.69 Å². The molecule has 5 nitrogen and oxygen atoms in total. The molecule has 0 amide bonds. The molecule has 0 aliphatic heterocycles. The van der Waals surface area contributed by atoms with E-state index in [0.717, 1.165) is 16.9 Å². The smallest absolute Gasteiger partial charge is 0.112 e. The molecular weight excluding hydrogens is 202 g/mol. The van der Waals surface area contributed by atoms with Crippen LogP contribution >= 0.6 is 0 Å². The zero-order valence-corrected chi connectivity index (χ0v) is 8.41. The lowest BCUT2D eigenvalue weighted by atomic mass is 10.1. The summed E-state index contributed by atoms with van der Waals surface area (Å²) in [5, 5.41) is 14.5. The maximum Gasteiger partial charge on any atom is 0.112 e. The first kappa shape index (κ1) is 8.84. The van der Waals surface area contributed by atoms with Gasteiger partial charge in [-0.2, -0.15) is 5.10 Å². The van der Waals surface area contributed by atoms with Crippen molar-refractivity contribution in [1.29, 1.82) is 0 Å². The molecule has 2 heterocycles. The van der Waals surface area contributed by atoms with Gasteiger partial charge in [0.2, 0.25) is 0 Å². The molecule has 0 aliphatic rings. The lowest BCUT2D eigenvalue weighted by molar-refractivity contribution is 0.880. The molecule has 1 aromatic carbocycles. The number of nitrogens with one attached hydrogen (secondary N) is 1. The van der Waals surface area contributed by atoms with Crippen LogP contribution in [0.25, 0.3) is 16.9 Å². The highest BCUT2D eigenvalue weighted by molar-refractivity contribution is 5.59. The van der Waals surface area contributed by atoms with Crippen molar-refractivity contribution >= 4 is 0 Å². The zero-order valence-electron chi connectivity index (χ0n) is 8.41. The molecule has 1 N–H and O–H groups in total. The Morgan fingerprint density at radius 2 is 2.00 bits per heavy atom. The summed E-state index contributed by atoms with van der Waals surface area (Å²) < 4.78 is 1.81. The van der Waals surface area contributed by atoms with E-state index in [4.69, 9.17) is 0 Å². The van der Waals surface area contributed by atoms with E-state index < -0.39 is 0 Å². The number of rotatable bonds is 2. The Hall–Kier alpha value is -2.43. The maximum atomic E-state index is 4.16. The van der Waals surface area contributed by atoms with E-state index >= 15 is 0 Å². The normalized spacial score (nSPS) is 10.5. The third kappa shape index (κ3) is 1.48. The fraction of sp³-hybridized carbons (Fsp3) is 0. The Balaban J connectivity index is 1.97. The summed E-state index contributed by atoms with van der Waals surface area (Å²) >= 11 is 0. The van der Waals surface area contributed by atoms with Gasteiger partial charge in [-0.15, -0.1) is 5.10 Å². The molecule has 0 saturated carbocycles. The Morgan fingerprint density at radius 1 is 1.12 bits per heavy atom. The minimum atomic E-state index is 0.840. The first-order chi connectivity index (χ1) is 7.93. The molecule has 0 unspecified atom stereocenters. The third-order valence-electron chi connectivity index (χ3n) is 2.35. The van der Waals surface area contributed by atoms with Crippen LogP contribution in [0.5, 0.6) is 0 Å². The van der Waals surface area contributed by atoms with Gasteiger partial charge in [0.05, 0.1) is 5.69 Å². The predicted molar refractivity (Wildman–Crippen MR) is 58.9 cm³/mol. The fourth-order valence-corrected chi connectivity index (χ4v) is 1.55. The van der Waals surface area contributed by atoms with Crippen LogP contribution in [-0.2, 0) is 0 Å². The number of aromatic amines is 1. The highest BCUT2D eigenvalue weighted by Gasteiger charge is 2.01. The van der Waals surface area contributed by atoms with Crippen molar-refractivity contribution < 1.29 is 0 Å². The van der Waals surface area contributed by atoms with Gasteiger partial charge in [0.25, 0.3) is 0 Å². The van der Waals surface area contributed by atoms with Crippen LogP contribution in [0.2, 0.25) is 0 Å². The van der Waals surface area contributed by atoms with E-state index in [-0.39, 0.29) is 0 Å². The number of nitrogens with zero attached hydrogens (tertiary/aromatic N) is 4. The highest BCUT2D eigenvalue weighted by Crippen LogP contribution is 2.17. The van der Waals surface area contributed by atoms with Gasteiger partial charge in [0.15, 0.2) is 0 Å². The highest BCUT2D eigenvalue weighted by atomic mass is 15.3. The molecule has 0 bridgehead atoms. The van der Waals surface area contributed by atoms with Crippen LogP contribution in [0.3, 0.4) is 0 Å². The van der Waals surface area contributed by atoms with Crippen LogP contribution in [0.4, 0.5) is 0 Å². The molecule has 0 fully saturated rings. The number of hydrogen-bond acceptors (Lipinski definition) is 3. The standard InChI is InChI=1S/C11H9N5/c1-6-13-16(7-1)10-4-2-9(3-5-10)11-8-12-15-14-11/h1-8H,(H,12,14,15). The van der Waals surface area contributed by atoms with Crippen molar-refractivity contribution in [2.24, 2.45) is 0 Å². The van der Waals surface area contributed by atoms with Crippen LogP contribution in [-0.4, -0.2) is 25.2 Å². The van der Waals surface area contributed by atoms with E-state index in [1.165, 1.54) is 0 Å². The molecule has 2 aromatic heterocycles. The second kappa shape index (κ2) is 3.62. The average molecular weight is 211 g/mol. The zero-order chi connectivity index (χ0) is 10.8. The molecule has 0 radical (unpaired) electrons. The molecule has 0 aliphatic carbocycles. The summed E-state index contributed by atoms with van der Waals surface area (Å²) in [4.78, 5) is 0. The number of aromatic nitrogens is 5. The van der Waals surface area contributed by atoms with E-state index in [9.17, 15) is 0 Å². The summed E-state index contributed by atoms with van der Waals surface area (Å²) in [6.07, 6.45) is 5.43. The summed E-state index contributed by atoms with van der Waals surface area (Å²) in [7, 11) is 0. The minimum absolute atomic E-state index is 0.840. The quantitative estimate of drug-likeness (QED) is 0.701. The minimum Gasteiger partial charge on any atom is -0.265 e. The van der Waals surface area contributed by atoms with Gasteiger partial charge in [-0.1, -0.05) is 17.3 Å². The van der Waals surface area contributed by atoms with Crippen molar-refractivity contribution in [3.05, 3.63) is 48.9 Å². The van der Waals surface area contributed by atoms with Crippen molar-refractivity contribution in [2.75, 3.05) is 0 Å². The third-order valence-corrected chi connectivity index (χ3v) is 2.35. The van der Waals surface area contributed by atoms with E-state index in [2.05, 4.69) is 20.5 Å². The molecule has 0 atom stereocenters. The van der Waals surface area contributed by atoms with Gasteiger partial charge >= 0.3 is 0 Å². The predicted octanol–water partition coefficient (Wildman–Crippen LogP) is 1.66. The van der Waals surface area contributed by atoms with Crippen LogP contribution in [0, 0.1) is 0 Å². The molecule has 0 spiro atoms. The number of benzene rings is 1. The van der Waals surface area contributed by atoms with Crippen LogP contribution in [0.15, 0.2) is 48.9 Å². The van der Waals surface area contributed by atoms with Crippen LogP contribution < -0.4 is 0 Å². The lowest BCUT2D eigenvalue weighted by Gasteiger charge is -2.01. The molecular formula is C11H9N5. The maximum absolute atomic E-state index is 4.16. The second-order valence-corrected chi connectivity index (χ2v) is 3.36. The Bertz CT molecular complexity index is 498. The summed E-state index contributed by atoms with van der Waals surface area (Å²) in [6, 6.07) is 9.88. The molecule has 5 heteroatoms. The summed E-state index contributed by atoms with van der Waals surface area (Å²) in [5.74, 6) is 0. The first-order valence-corrected chi connectivity index (χ1v) is 4.90. The lowest BCUT2D eigenvalue weighted by Crippen LogP contribution is -1.93. The molecule has 78 valence electrons. The van der Waals surface area contributed by atoms with E-state index in [1.54, 1.807) is 12.4 Å². The average Bonchev–Trinajstić information content (AvgIpc) is 3.03. The van der Waals surface area contributed by atoms with Gasteiger partial charge < -0.3 is 0 Å². The van der Waals surface area contributed by atoms with Gasteiger partial charge in [-0.3, -0.25) is 5.10 Å². The monoisotopic (exact) mass is 211 g/mol. The molecule has 3 rings (SSSR count). The summed E-state index contributed by atoms with van der Waals surface area (Å²) in [6.45, 7) is 0. The van der Waals surface area contributed by atoms with Gasteiger partial charge in [-0.25, -0.2) is 4.68 Å². The van der Waals surface area contributed by atoms with Crippen molar-refractivity contribution in [2.45, 2.75) is 0 Å². The SMILES string of the molecule is c1cnn(-c2ccc(-c3c[nH]nn3)cc2)c1. The Morgan fingerprint density at radius 3 is 2.62 bits per heavy atom. The number of hydrogen-bond donors (Lipinski definition) is 1. The number of H-pyrrole nitrogens is 1. The second-order valence-electron chi connectivity index (χ2n) is 3.36. The van der Waals surface area contributed by atoms with Gasteiger partial charge in [0, 0.05) is 24.2 Å². The molecule has 0 saturated heterocycles. The Labute approximate surface area is 91.7 Å². The molecule has 16 heavy (non-hydrogen) atoms. The van der Waals surface area contributed by atoms with E-state index in [0.29, 0.717) is 0 Å². The Kier molecular flexibility index (Phi) is 2.00. The van der Waals surface area contributed by atoms with Crippen LogP contribution in [0.1, 0.15) is 0 Å². The van der Waals surface area contributed by atoms with Gasteiger partial charge in [-0.05, 0) is 18.2 Å². The summed E-state index contributed by atoms with van der Waals surface area (Å²) in [5.41, 5.74) is 2.90.